The first-order chi connectivity index (χ1) is 9.63. The summed E-state index contributed by atoms with van der Waals surface area (Å²) < 4.78 is 10.3. The largest absolute Gasteiger partial charge is 0.381 e. The maximum Gasteiger partial charge on any atom is 0.242 e. The molecule has 1 amide bonds. The van der Waals surface area contributed by atoms with Gasteiger partial charge in [-0.15, -0.1) is 0 Å². The molecule has 0 radical (unpaired) electrons. The number of likely N-dealkylation sites (tertiary alicyclic amines) is 1. The van der Waals surface area contributed by atoms with E-state index in [4.69, 9.17) is 9.26 Å². The van der Waals surface area contributed by atoms with Gasteiger partial charge >= 0.3 is 0 Å². The second kappa shape index (κ2) is 6.85. The Bertz CT molecular complexity index is 439. The van der Waals surface area contributed by atoms with Gasteiger partial charge in [0, 0.05) is 26.3 Å². The molecular weight excluding hydrogens is 258 g/mol. The minimum absolute atomic E-state index is 0.0170. The van der Waals surface area contributed by atoms with E-state index in [2.05, 4.69) is 15.4 Å². The number of hydrogen-bond donors (Lipinski definition) is 1. The van der Waals surface area contributed by atoms with E-state index >= 15 is 0 Å². The minimum Gasteiger partial charge on any atom is -0.381 e. The summed E-state index contributed by atoms with van der Waals surface area (Å²) in [6.45, 7) is 5.61. The molecule has 1 saturated heterocycles. The molecule has 1 N–H and O–H groups in total. The quantitative estimate of drug-likeness (QED) is 0.891. The van der Waals surface area contributed by atoms with Gasteiger partial charge in [-0.25, -0.2) is 0 Å². The zero-order valence-electron chi connectivity index (χ0n) is 12.4. The second-order valence-corrected chi connectivity index (χ2v) is 5.21. The molecule has 2 rings (SSSR count). The first kappa shape index (κ1) is 15.0. The topological polar surface area (TPSA) is 67.6 Å². The number of piperidine rings is 1. The first-order valence-corrected chi connectivity index (χ1v) is 7.15. The van der Waals surface area contributed by atoms with Gasteiger partial charge in [0.25, 0.3) is 0 Å². The third-order valence-corrected chi connectivity index (χ3v) is 3.82. The number of ether oxygens (including phenoxy) is 1. The van der Waals surface area contributed by atoms with Crippen LogP contribution in [0, 0.1) is 6.92 Å². The van der Waals surface area contributed by atoms with E-state index in [-0.39, 0.29) is 11.9 Å². The third-order valence-electron chi connectivity index (χ3n) is 3.82. The van der Waals surface area contributed by atoms with Crippen molar-refractivity contribution in [2.75, 3.05) is 25.5 Å². The molecule has 1 aromatic heterocycles. The average molecular weight is 281 g/mol. The molecule has 6 heteroatoms. The van der Waals surface area contributed by atoms with E-state index in [1.54, 1.807) is 20.1 Å². The van der Waals surface area contributed by atoms with E-state index in [1.165, 1.54) is 0 Å². The van der Waals surface area contributed by atoms with Gasteiger partial charge in [-0.1, -0.05) is 12.1 Å². The maximum absolute atomic E-state index is 12.3. The van der Waals surface area contributed by atoms with E-state index in [0.717, 1.165) is 32.4 Å². The normalized spacial score (nSPS) is 18.9. The molecule has 0 aliphatic carbocycles. The highest BCUT2D eigenvalue weighted by Gasteiger charge is 2.28. The number of carbonyl (C=O) groups is 1. The van der Waals surface area contributed by atoms with Crippen LogP contribution in [0.1, 0.15) is 31.9 Å². The molecule has 0 bridgehead atoms. The van der Waals surface area contributed by atoms with Crippen LogP contribution in [-0.4, -0.2) is 48.3 Å². The smallest absolute Gasteiger partial charge is 0.242 e. The lowest BCUT2D eigenvalue weighted by atomic mass is 10.0. The number of anilines is 1. The van der Waals surface area contributed by atoms with Crippen molar-refractivity contribution in [3.05, 3.63) is 11.8 Å². The van der Waals surface area contributed by atoms with Crippen LogP contribution in [0.2, 0.25) is 0 Å². The lowest BCUT2D eigenvalue weighted by Gasteiger charge is -2.35. The molecule has 1 atom stereocenters. The van der Waals surface area contributed by atoms with Crippen LogP contribution in [-0.2, 0) is 9.53 Å². The van der Waals surface area contributed by atoms with Crippen molar-refractivity contribution < 1.29 is 14.1 Å². The summed E-state index contributed by atoms with van der Waals surface area (Å²) in [6.07, 6.45) is 3.05. The molecule has 1 fully saturated rings. The van der Waals surface area contributed by atoms with Gasteiger partial charge in [-0.2, -0.15) is 0 Å². The molecule has 1 unspecified atom stereocenters. The van der Waals surface area contributed by atoms with Crippen molar-refractivity contribution in [2.24, 2.45) is 0 Å². The number of aryl methyl sites for hydroxylation is 1. The molecule has 0 saturated carbocycles. The monoisotopic (exact) mass is 281 g/mol. The van der Waals surface area contributed by atoms with E-state index < -0.39 is 0 Å². The summed E-state index contributed by atoms with van der Waals surface area (Å²) in [5, 5.41) is 6.62. The Morgan fingerprint density at radius 2 is 2.30 bits per heavy atom. The number of nitrogens with zero attached hydrogens (tertiary/aromatic N) is 2. The van der Waals surface area contributed by atoms with Gasteiger partial charge in [0.1, 0.15) is 5.76 Å². The minimum atomic E-state index is -0.121. The summed E-state index contributed by atoms with van der Waals surface area (Å²) in [4.78, 5) is 14.6. The first-order valence-electron chi connectivity index (χ1n) is 7.15. The van der Waals surface area contributed by atoms with Crippen LogP contribution < -0.4 is 5.32 Å². The van der Waals surface area contributed by atoms with Crippen LogP contribution in [0.25, 0.3) is 0 Å². The zero-order chi connectivity index (χ0) is 14.5. The predicted octanol–water partition coefficient (Wildman–Crippen LogP) is 1.81. The molecule has 0 aromatic carbocycles. The van der Waals surface area contributed by atoms with Crippen LogP contribution >= 0.6 is 0 Å². The molecular formula is C14H23N3O3. The van der Waals surface area contributed by atoms with Gasteiger partial charge in [0.05, 0.1) is 12.1 Å². The van der Waals surface area contributed by atoms with Gasteiger partial charge in [-0.3, -0.25) is 9.69 Å². The van der Waals surface area contributed by atoms with Crippen molar-refractivity contribution in [3.8, 4) is 0 Å². The van der Waals surface area contributed by atoms with Crippen LogP contribution in [0.5, 0.6) is 0 Å². The van der Waals surface area contributed by atoms with Crippen LogP contribution in [0.3, 0.4) is 0 Å². The SMILES string of the molecule is CCC(C(=O)Nc1cc(C)on1)N1CCC(OC)CC1. The molecule has 0 spiro atoms. The van der Waals surface area contributed by atoms with Crippen molar-refractivity contribution in [1.82, 2.24) is 10.1 Å². The Labute approximate surface area is 119 Å². The van der Waals surface area contributed by atoms with Crippen molar-refractivity contribution in [3.63, 3.8) is 0 Å². The summed E-state index contributed by atoms with van der Waals surface area (Å²) in [5.41, 5.74) is 0. The highest BCUT2D eigenvalue weighted by Crippen LogP contribution is 2.18. The van der Waals surface area contributed by atoms with Gasteiger partial charge in [-0.05, 0) is 26.2 Å². The van der Waals surface area contributed by atoms with Crippen molar-refractivity contribution in [1.29, 1.82) is 0 Å². The number of methoxy groups -OCH3 is 1. The second-order valence-electron chi connectivity index (χ2n) is 5.21. The summed E-state index contributed by atoms with van der Waals surface area (Å²) >= 11 is 0. The van der Waals surface area contributed by atoms with Gasteiger partial charge in [0.15, 0.2) is 5.82 Å². The number of amides is 1. The van der Waals surface area contributed by atoms with E-state index in [1.807, 2.05) is 6.92 Å². The maximum atomic E-state index is 12.3. The van der Waals surface area contributed by atoms with E-state index in [9.17, 15) is 4.79 Å². The third kappa shape index (κ3) is 3.58. The fraction of sp³-hybridized carbons (Fsp3) is 0.714. The highest BCUT2D eigenvalue weighted by atomic mass is 16.5. The molecule has 112 valence electrons. The Hall–Kier alpha value is -1.40. The molecule has 6 nitrogen and oxygen atoms in total. The number of hydrogen-bond acceptors (Lipinski definition) is 5. The molecule has 1 aliphatic heterocycles. The predicted molar refractivity (Wildman–Crippen MR) is 75.6 cm³/mol. The highest BCUT2D eigenvalue weighted by molar-refractivity contribution is 5.93. The van der Waals surface area contributed by atoms with E-state index in [0.29, 0.717) is 17.7 Å². The number of nitrogens with one attached hydrogen (secondary N) is 1. The standard InChI is InChI=1S/C14H23N3O3/c1-4-12(17-7-5-11(19-3)6-8-17)14(18)15-13-9-10(2)20-16-13/h9,11-12H,4-8H2,1-3H3,(H,15,16,18). The lowest BCUT2D eigenvalue weighted by Crippen LogP contribution is -2.48. The Morgan fingerprint density at radius 1 is 1.60 bits per heavy atom. The van der Waals surface area contributed by atoms with Gasteiger partial charge < -0.3 is 14.6 Å². The molecule has 20 heavy (non-hydrogen) atoms. The molecule has 2 heterocycles. The molecule has 1 aromatic rings. The lowest BCUT2D eigenvalue weighted by molar-refractivity contribution is -0.122. The van der Waals surface area contributed by atoms with Gasteiger partial charge in [0.2, 0.25) is 5.91 Å². The Morgan fingerprint density at radius 3 is 2.80 bits per heavy atom. The summed E-state index contributed by atoms with van der Waals surface area (Å²) in [6, 6.07) is 1.60. The molecule has 1 aliphatic rings. The summed E-state index contributed by atoms with van der Waals surface area (Å²) in [5.74, 6) is 1.16. The Balaban J connectivity index is 1.92. The average Bonchev–Trinajstić information content (AvgIpc) is 2.85. The fourth-order valence-corrected chi connectivity index (χ4v) is 2.67. The zero-order valence-corrected chi connectivity index (χ0v) is 12.4. The number of carbonyl (C=O) groups excluding carboxylic acids is 1. The number of rotatable bonds is 5. The number of aromatic nitrogens is 1. The Kier molecular flexibility index (Phi) is 5.14. The fourth-order valence-electron chi connectivity index (χ4n) is 2.67. The van der Waals surface area contributed by atoms with Crippen LogP contribution in [0.15, 0.2) is 10.6 Å². The van der Waals surface area contributed by atoms with Crippen molar-refractivity contribution >= 4 is 11.7 Å². The van der Waals surface area contributed by atoms with Crippen molar-refractivity contribution in [2.45, 2.75) is 45.3 Å². The van der Waals surface area contributed by atoms with Crippen LogP contribution in [0.4, 0.5) is 5.82 Å². The summed E-state index contributed by atoms with van der Waals surface area (Å²) in [7, 11) is 1.75.